The van der Waals surface area contributed by atoms with E-state index >= 15 is 0 Å². The maximum atomic E-state index is 13.5. The summed E-state index contributed by atoms with van der Waals surface area (Å²) >= 11 is 0. The van der Waals surface area contributed by atoms with Crippen LogP contribution in [-0.2, 0) is 14.6 Å². The van der Waals surface area contributed by atoms with E-state index < -0.39 is 14.7 Å². The molecular formula is C23H26N4O5S. The smallest absolute Gasteiger partial charge is 0.273 e. The van der Waals surface area contributed by atoms with Crippen molar-refractivity contribution in [2.45, 2.75) is 79.3 Å². The van der Waals surface area contributed by atoms with Crippen molar-refractivity contribution >= 4 is 27.3 Å². The maximum absolute atomic E-state index is 13.5. The van der Waals surface area contributed by atoms with Crippen molar-refractivity contribution in [2.75, 3.05) is 5.32 Å². The van der Waals surface area contributed by atoms with E-state index in [1.165, 1.54) is 6.92 Å². The summed E-state index contributed by atoms with van der Waals surface area (Å²) in [6, 6.07) is 8.42. The van der Waals surface area contributed by atoms with Crippen molar-refractivity contribution in [1.82, 2.24) is 15.4 Å². The molecule has 33 heavy (non-hydrogen) atoms. The average molecular weight is 471 g/mol. The molecule has 3 saturated heterocycles. The molecule has 2 aromatic rings. The fraction of sp³-hybridized carbons (Fsp3) is 0.522. The lowest BCUT2D eigenvalue weighted by Crippen LogP contribution is -2.84. The fourth-order valence-corrected chi connectivity index (χ4v) is 8.28. The molecule has 1 aliphatic carbocycles. The molecule has 6 rings (SSSR count). The van der Waals surface area contributed by atoms with Gasteiger partial charge in [-0.15, -0.1) is 0 Å². The second-order valence-corrected chi connectivity index (χ2v) is 12.0. The number of anilines is 1. The van der Waals surface area contributed by atoms with Gasteiger partial charge in [0.1, 0.15) is 10.6 Å². The van der Waals surface area contributed by atoms with Crippen molar-refractivity contribution < 1.29 is 22.5 Å². The number of carbonyl (C=O) groups is 2. The summed E-state index contributed by atoms with van der Waals surface area (Å²) in [6.45, 7) is 1.41. The Morgan fingerprint density at radius 1 is 1.12 bits per heavy atom. The van der Waals surface area contributed by atoms with E-state index in [4.69, 9.17) is 4.52 Å². The lowest BCUT2D eigenvalue weighted by atomic mass is 9.67. The molecule has 0 bridgehead atoms. The third-order valence-electron chi connectivity index (χ3n) is 7.54. The summed E-state index contributed by atoms with van der Waals surface area (Å²) in [5.74, 6) is 0.771. The number of nitrogens with zero attached hydrogens (tertiary/aromatic N) is 2. The van der Waals surface area contributed by atoms with E-state index in [-0.39, 0.29) is 34.8 Å². The van der Waals surface area contributed by atoms with Crippen molar-refractivity contribution in [2.24, 2.45) is 0 Å². The van der Waals surface area contributed by atoms with Crippen LogP contribution in [0.3, 0.4) is 0 Å². The van der Waals surface area contributed by atoms with Crippen LogP contribution in [0.1, 0.15) is 67.6 Å². The largest absolute Gasteiger partial charge is 0.360 e. The van der Waals surface area contributed by atoms with Gasteiger partial charge in [0.05, 0.1) is 4.90 Å². The van der Waals surface area contributed by atoms with Crippen LogP contribution in [0, 0.1) is 0 Å². The SMILES string of the molecule is CC(=O)Nc1ccc(S(=O)(=O)C23CC4CC(NC(=O)c5cc(C6CC6)on5)CC(C2)N43)cc1. The highest BCUT2D eigenvalue weighted by atomic mass is 32.2. The molecule has 4 fully saturated rings. The molecule has 9 nitrogen and oxygen atoms in total. The van der Waals surface area contributed by atoms with Gasteiger partial charge in [-0.1, -0.05) is 5.16 Å². The Bertz CT molecular complexity index is 1220. The summed E-state index contributed by atoms with van der Waals surface area (Å²) in [6.07, 6.45) is 4.77. The zero-order chi connectivity index (χ0) is 23.0. The van der Waals surface area contributed by atoms with E-state index in [0.717, 1.165) is 31.4 Å². The Morgan fingerprint density at radius 2 is 1.79 bits per heavy atom. The molecule has 2 amide bonds. The van der Waals surface area contributed by atoms with Crippen LogP contribution in [0.25, 0.3) is 0 Å². The molecular weight excluding hydrogens is 444 g/mol. The molecule has 4 heterocycles. The Kier molecular flexibility index (Phi) is 4.51. The second kappa shape index (κ2) is 7.14. The predicted octanol–water partition coefficient (Wildman–Crippen LogP) is 2.42. The molecule has 1 saturated carbocycles. The minimum Gasteiger partial charge on any atom is -0.360 e. The number of benzene rings is 1. The first-order valence-corrected chi connectivity index (χ1v) is 12.9. The van der Waals surface area contributed by atoms with Crippen molar-refractivity contribution in [3.63, 3.8) is 0 Å². The molecule has 3 aliphatic heterocycles. The molecule has 0 radical (unpaired) electrons. The maximum Gasteiger partial charge on any atom is 0.273 e. The first-order chi connectivity index (χ1) is 15.8. The van der Waals surface area contributed by atoms with Gasteiger partial charge < -0.3 is 15.2 Å². The zero-order valence-corrected chi connectivity index (χ0v) is 19.1. The lowest BCUT2D eigenvalue weighted by molar-refractivity contribution is -0.176. The van der Waals surface area contributed by atoms with E-state index in [1.54, 1.807) is 30.3 Å². The van der Waals surface area contributed by atoms with Gasteiger partial charge in [0, 0.05) is 42.7 Å². The molecule has 2 atom stereocenters. The molecule has 1 aromatic carbocycles. The highest BCUT2D eigenvalue weighted by Gasteiger charge is 2.71. The normalized spacial score (nSPS) is 30.5. The monoisotopic (exact) mass is 470 g/mol. The van der Waals surface area contributed by atoms with E-state index in [9.17, 15) is 18.0 Å². The van der Waals surface area contributed by atoms with Gasteiger partial charge in [-0.2, -0.15) is 0 Å². The zero-order valence-electron chi connectivity index (χ0n) is 18.3. The van der Waals surface area contributed by atoms with Gasteiger partial charge in [-0.25, -0.2) is 8.42 Å². The quantitative estimate of drug-likeness (QED) is 0.665. The fourth-order valence-electron chi connectivity index (χ4n) is 5.94. The highest BCUT2D eigenvalue weighted by molar-refractivity contribution is 7.93. The van der Waals surface area contributed by atoms with Crippen LogP contribution >= 0.6 is 0 Å². The minimum atomic E-state index is -3.53. The molecule has 1 aromatic heterocycles. The second-order valence-electron chi connectivity index (χ2n) is 9.81. The van der Waals surface area contributed by atoms with Crippen LogP contribution in [0.4, 0.5) is 5.69 Å². The van der Waals surface area contributed by atoms with E-state index in [0.29, 0.717) is 30.1 Å². The minimum absolute atomic E-state index is 0.00256. The molecule has 2 N–H and O–H groups in total. The molecule has 2 unspecified atom stereocenters. The molecule has 4 aliphatic rings. The van der Waals surface area contributed by atoms with Crippen LogP contribution in [0.5, 0.6) is 0 Å². The summed E-state index contributed by atoms with van der Waals surface area (Å²) < 4.78 is 32.2. The third-order valence-corrected chi connectivity index (χ3v) is 9.98. The van der Waals surface area contributed by atoms with E-state index in [2.05, 4.69) is 20.7 Å². The van der Waals surface area contributed by atoms with Gasteiger partial charge in [0.25, 0.3) is 5.91 Å². The van der Waals surface area contributed by atoms with Crippen LogP contribution in [0.2, 0.25) is 0 Å². The number of hydrogen-bond donors (Lipinski definition) is 2. The van der Waals surface area contributed by atoms with Crippen molar-refractivity contribution in [3.05, 3.63) is 41.8 Å². The first kappa shape index (κ1) is 20.9. The Morgan fingerprint density at radius 3 is 2.39 bits per heavy atom. The number of rotatable bonds is 6. The number of carbonyl (C=O) groups excluding carboxylic acids is 2. The number of piperidine rings is 2. The number of sulfone groups is 1. The molecule has 0 spiro atoms. The Balaban J connectivity index is 1.11. The number of nitrogens with one attached hydrogen (secondary N) is 2. The summed E-state index contributed by atoms with van der Waals surface area (Å²) in [7, 11) is -3.53. The predicted molar refractivity (Wildman–Crippen MR) is 118 cm³/mol. The standard InChI is InChI=1S/C23H26N4O5S/c1-13(28)24-15-4-6-19(7-5-15)33(30,31)23-11-17-8-16(9-18(12-23)27(17)23)25-22(29)20-10-21(32-26-20)14-2-3-14/h4-7,10,14,16-18H,2-3,8-9,11-12H2,1H3,(H,24,28)(H,25,29). The van der Waals surface area contributed by atoms with Gasteiger partial charge in [-0.05, 0) is 62.8 Å². The average Bonchev–Trinajstić information content (AvgIpc) is 3.46. The summed E-state index contributed by atoms with van der Waals surface area (Å²) in [5.41, 5.74) is 0.894. The number of aromatic nitrogens is 1. The number of hydrogen-bond acceptors (Lipinski definition) is 7. The summed E-state index contributed by atoms with van der Waals surface area (Å²) in [4.78, 5) is 25.4. The highest BCUT2D eigenvalue weighted by Crippen LogP contribution is 2.60. The Labute approximate surface area is 191 Å². The van der Waals surface area contributed by atoms with Gasteiger partial charge in [0.15, 0.2) is 15.5 Å². The lowest BCUT2D eigenvalue weighted by Gasteiger charge is -2.72. The molecule has 174 valence electrons. The van der Waals surface area contributed by atoms with Gasteiger partial charge in [0.2, 0.25) is 5.91 Å². The Hall–Kier alpha value is -2.72. The van der Waals surface area contributed by atoms with Crippen molar-refractivity contribution in [3.8, 4) is 0 Å². The van der Waals surface area contributed by atoms with Gasteiger partial charge >= 0.3 is 0 Å². The van der Waals surface area contributed by atoms with Crippen LogP contribution in [-0.4, -0.2) is 53.3 Å². The van der Waals surface area contributed by atoms with Crippen LogP contribution < -0.4 is 10.6 Å². The topological polar surface area (TPSA) is 122 Å². The van der Waals surface area contributed by atoms with Crippen LogP contribution in [0.15, 0.2) is 39.8 Å². The summed E-state index contributed by atoms with van der Waals surface area (Å²) in [5, 5.41) is 9.66. The van der Waals surface area contributed by atoms with Gasteiger partial charge in [-0.3, -0.25) is 14.5 Å². The number of amides is 2. The van der Waals surface area contributed by atoms with Crippen molar-refractivity contribution in [1.29, 1.82) is 0 Å². The third kappa shape index (κ3) is 3.22. The van der Waals surface area contributed by atoms with E-state index in [1.807, 2.05) is 0 Å². The molecule has 10 heteroatoms. The first-order valence-electron chi connectivity index (χ1n) is 11.4.